The Morgan fingerprint density at radius 3 is 3.00 bits per heavy atom. The second kappa shape index (κ2) is 3.08. The third-order valence-corrected chi connectivity index (χ3v) is 2.37. The van der Waals surface area contributed by atoms with Gasteiger partial charge in [-0.1, -0.05) is 0 Å². The molecular weight excluding hydrogens is 154 g/mol. The van der Waals surface area contributed by atoms with Crippen LogP contribution in [0, 0.1) is 0 Å². The summed E-state index contributed by atoms with van der Waals surface area (Å²) < 4.78 is 13.3. The molecule has 0 bridgehead atoms. The maximum atomic E-state index is 10.6. The molecule has 0 fully saturated rings. The van der Waals surface area contributed by atoms with Crippen molar-refractivity contribution in [2.24, 2.45) is 0 Å². The molecule has 1 aliphatic rings. The molecule has 0 aliphatic carbocycles. The van der Waals surface area contributed by atoms with Crippen molar-refractivity contribution >= 4 is 22.7 Å². The monoisotopic (exact) mass is 161 g/mol. The minimum atomic E-state index is -0.983. The van der Waals surface area contributed by atoms with E-state index in [1.807, 2.05) is 12.3 Å². The van der Waals surface area contributed by atoms with Crippen LogP contribution in [-0.4, -0.2) is 10.5 Å². The van der Waals surface area contributed by atoms with Gasteiger partial charge < -0.3 is 4.72 Å². The first-order valence-electron chi connectivity index (χ1n) is 2.42. The van der Waals surface area contributed by atoms with Crippen LogP contribution in [0.5, 0.6) is 0 Å². The van der Waals surface area contributed by atoms with Gasteiger partial charge in [-0.05, 0) is 12.3 Å². The van der Waals surface area contributed by atoms with Crippen LogP contribution in [0.1, 0.15) is 0 Å². The van der Waals surface area contributed by atoms with Crippen LogP contribution in [0.3, 0.4) is 0 Å². The zero-order valence-electron chi connectivity index (χ0n) is 4.96. The van der Waals surface area contributed by atoms with Crippen molar-refractivity contribution in [2.45, 2.75) is 0 Å². The smallest absolute Gasteiger partial charge is 0.142 e. The number of nitrogens with one attached hydrogen (secondary N) is 1. The number of hydrogen-bond acceptors (Lipinski definition) is 2. The summed E-state index contributed by atoms with van der Waals surface area (Å²) >= 11 is 1.63. The number of thioether (sulfide) groups is 1. The van der Waals surface area contributed by atoms with Gasteiger partial charge in [0.1, 0.15) is 11.0 Å². The van der Waals surface area contributed by atoms with E-state index in [1.54, 1.807) is 23.4 Å². The highest BCUT2D eigenvalue weighted by atomic mass is 32.2. The molecule has 50 valence electrons. The van der Waals surface area contributed by atoms with Crippen molar-refractivity contribution in [3.8, 4) is 0 Å². The summed E-state index contributed by atoms with van der Waals surface area (Å²) in [6, 6.07) is 0. The van der Waals surface area contributed by atoms with Crippen molar-refractivity contribution in [1.82, 2.24) is 4.72 Å². The van der Waals surface area contributed by atoms with Crippen LogP contribution >= 0.6 is 11.8 Å². The quantitative estimate of drug-likeness (QED) is 0.621. The van der Waals surface area contributed by atoms with Crippen LogP contribution in [0.25, 0.3) is 0 Å². The summed E-state index contributed by atoms with van der Waals surface area (Å²) in [4.78, 5) is 1.11. The summed E-state index contributed by atoms with van der Waals surface area (Å²) in [5.41, 5.74) is 0. The van der Waals surface area contributed by atoms with E-state index in [0.717, 1.165) is 4.91 Å². The van der Waals surface area contributed by atoms with Gasteiger partial charge in [0.2, 0.25) is 0 Å². The molecule has 9 heavy (non-hydrogen) atoms. The molecular formula is C5H7NOS2. The van der Waals surface area contributed by atoms with E-state index in [0.29, 0.717) is 0 Å². The molecule has 0 radical (unpaired) electrons. The van der Waals surface area contributed by atoms with Gasteiger partial charge in [0, 0.05) is 16.5 Å². The molecule has 0 aromatic carbocycles. The average Bonchev–Trinajstić information content (AvgIpc) is 1.90. The number of hydrogen-bond donors (Lipinski definition) is 1. The van der Waals surface area contributed by atoms with Crippen molar-refractivity contribution < 1.29 is 4.21 Å². The number of allylic oxidation sites excluding steroid dienone is 1. The standard InChI is InChI=1S/C5H7NOS2/c1-8-5-2-3-9(7)6-4-5/h2-4,6H,1H3. The first-order chi connectivity index (χ1) is 4.33. The molecule has 1 unspecified atom stereocenters. The maximum absolute atomic E-state index is 10.6. The van der Waals surface area contributed by atoms with E-state index >= 15 is 0 Å². The average molecular weight is 161 g/mol. The third kappa shape index (κ3) is 1.87. The van der Waals surface area contributed by atoms with E-state index in [4.69, 9.17) is 0 Å². The second-order valence-electron chi connectivity index (χ2n) is 1.47. The van der Waals surface area contributed by atoms with E-state index in [1.165, 1.54) is 0 Å². The molecule has 0 amide bonds. The molecule has 0 saturated heterocycles. The lowest BCUT2D eigenvalue weighted by atomic mass is 10.6. The van der Waals surface area contributed by atoms with E-state index in [2.05, 4.69) is 4.72 Å². The highest BCUT2D eigenvalue weighted by molar-refractivity contribution is 8.02. The van der Waals surface area contributed by atoms with Crippen LogP contribution in [0.4, 0.5) is 0 Å². The third-order valence-electron chi connectivity index (χ3n) is 0.909. The van der Waals surface area contributed by atoms with Gasteiger partial charge in [-0.25, -0.2) is 4.21 Å². The Bertz CT molecular complexity index is 185. The predicted molar refractivity (Wildman–Crippen MR) is 42.0 cm³/mol. The Morgan fingerprint density at radius 2 is 2.56 bits per heavy atom. The highest BCUT2D eigenvalue weighted by Crippen LogP contribution is 2.14. The molecule has 0 saturated carbocycles. The summed E-state index contributed by atoms with van der Waals surface area (Å²) in [5.74, 6) is 0. The molecule has 1 aliphatic heterocycles. The highest BCUT2D eigenvalue weighted by Gasteiger charge is 1.97. The summed E-state index contributed by atoms with van der Waals surface area (Å²) in [5, 5.41) is 1.63. The van der Waals surface area contributed by atoms with E-state index in [9.17, 15) is 4.21 Å². The minimum absolute atomic E-state index is 0.983. The summed E-state index contributed by atoms with van der Waals surface area (Å²) in [6.07, 6.45) is 5.57. The Kier molecular flexibility index (Phi) is 2.36. The maximum Gasteiger partial charge on any atom is 0.142 e. The lowest BCUT2D eigenvalue weighted by molar-refractivity contribution is 0.685. The zero-order valence-corrected chi connectivity index (χ0v) is 6.59. The Morgan fingerprint density at radius 1 is 1.78 bits per heavy atom. The minimum Gasteiger partial charge on any atom is -0.307 e. The Labute approximate surface area is 61.0 Å². The van der Waals surface area contributed by atoms with Crippen LogP contribution < -0.4 is 4.72 Å². The first kappa shape index (κ1) is 6.89. The molecule has 0 aromatic rings. The van der Waals surface area contributed by atoms with Gasteiger partial charge in [0.05, 0.1) is 0 Å². The Balaban J connectivity index is 2.63. The lowest BCUT2D eigenvalue weighted by Gasteiger charge is -2.03. The molecule has 1 heterocycles. The zero-order chi connectivity index (χ0) is 6.69. The van der Waals surface area contributed by atoms with E-state index < -0.39 is 11.0 Å². The summed E-state index contributed by atoms with van der Waals surface area (Å²) in [7, 11) is -0.983. The van der Waals surface area contributed by atoms with E-state index in [-0.39, 0.29) is 0 Å². The van der Waals surface area contributed by atoms with Gasteiger partial charge in [-0.2, -0.15) is 0 Å². The van der Waals surface area contributed by atoms with Crippen LogP contribution in [-0.2, 0) is 11.0 Å². The van der Waals surface area contributed by atoms with Gasteiger partial charge in [0.15, 0.2) is 0 Å². The van der Waals surface area contributed by atoms with Crippen molar-refractivity contribution in [3.63, 3.8) is 0 Å². The molecule has 1 atom stereocenters. The molecule has 2 nitrogen and oxygen atoms in total. The molecule has 0 aromatic heterocycles. The first-order valence-corrected chi connectivity index (χ1v) is 4.86. The fourth-order valence-electron chi connectivity index (χ4n) is 0.459. The second-order valence-corrected chi connectivity index (χ2v) is 3.45. The Hall–Kier alpha value is -0.220. The lowest BCUT2D eigenvalue weighted by Crippen LogP contribution is -2.09. The molecule has 1 N–H and O–H groups in total. The molecule has 1 rings (SSSR count). The number of rotatable bonds is 1. The molecule has 0 spiro atoms. The largest absolute Gasteiger partial charge is 0.307 e. The van der Waals surface area contributed by atoms with Crippen LogP contribution in [0.2, 0.25) is 0 Å². The van der Waals surface area contributed by atoms with Gasteiger partial charge in [-0.3, -0.25) is 0 Å². The van der Waals surface area contributed by atoms with Crippen molar-refractivity contribution in [3.05, 3.63) is 22.6 Å². The van der Waals surface area contributed by atoms with Gasteiger partial charge in [-0.15, -0.1) is 11.8 Å². The predicted octanol–water partition coefficient (Wildman–Crippen LogP) is 0.971. The summed E-state index contributed by atoms with van der Waals surface area (Å²) in [6.45, 7) is 0. The van der Waals surface area contributed by atoms with Crippen LogP contribution in [0.15, 0.2) is 22.6 Å². The fraction of sp³-hybridized carbons (Fsp3) is 0.200. The van der Waals surface area contributed by atoms with Crippen molar-refractivity contribution in [2.75, 3.05) is 6.26 Å². The fourth-order valence-corrected chi connectivity index (χ4v) is 1.59. The van der Waals surface area contributed by atoms with Gasteiger partial charge >= 0.3 is 0 Å². The normalized spacial score (nSPS) is 25.0. The van der Waals surface area contributed by atoms with Crippen molar-refractivity contribution in [1.29, 1.82) is 0 Å². The SMILES string of the molecule is CSC1=CNS(=O)C=C1. The molecule has 4 heteroatoms. The van der Waals surface area contributed by atoms with Gasteiger partial charge in [0.25, 0.3) is 0 Å². The topological polar surface area (TPSA) is 29.1 Å².